The highest BCUT2D eigenvalue weighted by molar-refractivity contribution is 5.33. The number of benzene rings is 1. The van der Waals surface area contributed by atoms with Gasteiger partial charge in [-0.1, -0.05) is 35.5 Å². The van der Waals surface area contributed by atoms with E-state index in [1.165, 1.54) is 0 Å². The van der Waals surface area contributed by atoms with E-state index in [9.17, 15) is 0 Å². The van der Waals surface area contributed by atoms with Crippen LogP contribution in [0.3, 0.4) is 0 Å². The zero-order valence-electron chi connectivity index (χ0n) is 11.7. The number of rotatable bonds is 4. The molecule has 1 atom stereocenters. The number of aliphatic hydroxyl groups is 1. The molecule has 6 heteroatoms. The van der Waals surface area contributed by atoms with Crippen molar-refractivity contribution in [2.45, 2.75) is 24.3 Å². The van der Waals surface area contributed by atoms with Crippen LogP contribution in [-0.4, -0.2) is 35.1 Å². The predicted octanol–water partition coefficient (Wildman–Crippen LogP) is 1.16. The molecule has 0 unspecified atom stereocenters. The molecule has 1 saturated heterocycles. The van der Waals surface area contributed by atoms with Crippen molar-refractivity contribution in [2.24, 2.45) is 5.73 Å². The maximum Gasteiger partial charge on any atom is 0.245 e. The maximum absolute atomic E-state index is 9.12. The lowest BCUT2D eigenvalue weighted by Gasteiger charge is -2.34. The fourth-order valence-electron chi connectivity index (χ4n) is 2.78. The number of ether oxygens (including phenoxy) is 1. The highest BCUT2D eigenvalue weighted by atomic mass is 16.5. The Balaban J connectivity index is 2.02. The van der Waals surface area contributed by atoms with Crippen molar-refractivity contribution >= 4 is 0 Å². The van der Waals surface area contributed by atoms with Crippen LogP contribution >= 0.6 is 0 Å². The summed E-state index contributed by atoms with van der Waals surface area (Å²) in [4.78, 5) is 4.43. The third kappa shape index (κ3) is 2.57. The van der Waals surface area contributed by atoms with E-state index in [4.69, 9.17) is 20.1 Å². The molecular formula is C15H19N3O3. The lowest BCUT2D eigenvalue weighted by Crippen LogP contribution is -2.36. The topological polar surface area (TPSA) is 94.4 Å². The van der Waals surface area contributed by atoms with Gasteiger partial charge in [0, 0.05) is 13.2 Å². The molecule has 2 aromatic rings. The molecule has 0 amide bonds. The monoisotopic (exact) mass is 289 g/mol. The van der Waals surface area contributed by atoms with Crippen molar-refractivity contribution in [3.05, 3.63) is 47.6 Å². The van der Waals surface area contributed by atoms with Crippen LogP contribution in [0, 0.1) is 0 Å². The average molecular weight is 289 g/mol. The van der Waals surface area contributed by atoms with Gasteiger partial charge < -0.3 is 20.1 Å². The summed E-state index contributed by atoms with van der Waals surface area (Å²) in [5, 5.41) is 13.2. The van der Waals surface area contributed by atoms with Crippen molar-refractivity contribution in [2.75, 3.05) is 19.8 Å². The third-order valence-corrected chi connectivity index (χ3v) is 4.06. The first-order chi connectivity index (χ1) is 10.3. The minimum Gasteiger partial charge on any atom is -0.394 e. The Morgan fingerprint density at radius 3 is 2.62 bits per heavy atom. The molecule has 1 fully saturated rings. The first kappa shape index (κ1) is 14.2. The van der Waals surface area contributed by atoms with Gasteiger partial charge in [0.1, 0.15) is 6.04 Å². The van der Waals surface area contributed by atoms with Crippen LogP contribution in [0.15, 0.2) is 34.9 Å². The Hall–Kier alpha value is -1.76. The van der Waals surface area contributed by atoms with Crippen LogP contribution in [0.5, 0.6) is 0 Å². The second-order valence-electron chi connectivity index (χ2n) is 5.31. The standard InChI is InChI=1S/C15H19N3O3/c16-12(10-19)13-17-14(18-21-13)15(6-8-20-9-7-15)11-4-2-1-3-5-11/h1-5,12,19H,6-10,16H2/t12-/m1/s1. The molecule has 1 aromatic carbocycles. The van der Waals surface area contributed by atoms with E-state index in [0.29, 0.717) is 19.0 Å². The lowest BCUT2D eigenvalue weighted by atomic mass is 9.73. The zero-order valence-corrected chi connectivity index (χ0v) is 11.7. The average Bonchev–Trinajstić information content (AvgIpc) is 3.06. The number of hydrogen-bond acceptors (Lipinski definition) is 6. The Morgan fingerprint density at radius 2 is 1.95 bits per heavy atom. The summed E-state index contributed by atoms with van der Waals surface area (Å²) >= 11 is 0. The highest BCUT2D eigenvalue weighted by Crippen LogP contribution is 2.39. The van der Waals surface area contributed by atoms with E-state index in [1.54, 1.807) is 0 Å². The van der Waals surface area contributed by atoms with Crippen molar-refractivity contribution in [1.82, 2.24) is 10.1 Å². The Morgan fingerprint density at radius 1 is 1.24 bits per heavy atom. The molecule has 3 rings (SSSR count). The molecule has 21 heavy (non-hydrogen) atoms. The van der Waals surface area contributed by atoms with Gasteiger partial charge in [-0.2, -0.15) is 4.98 Å². The molecule has 1 aliphatic rings. The van der Waals surface area contributed by atoms with Gasteiger partial charge in [0.2, 0.25) is 5.89 Å². The van der Waals surface area contributed by atoms with E-state index < -0.39 is 6.04 Å². The second-order valence-corrected chi connectivity index (χ2v) is 5.31. The first-order valence-corrected chi connectivity index (χ1v) is 7.10. The van der Waals surface area contributed by atoms with Crippen LogP contribution < -0.4 is 5.73 Å². The summed E-state index contributed by atoms with van der Waals surface area (Å²) in [6.07, 6.45) is 1.59. The Bertz CT molecular complexity index is 579. The Kier molecular flexibility index (Phi) is 4.01. The van der Waals surface area contributed by atoms with Crippen molar-refractivity contribution in [3.8, 4) is 0 Å². The largest absolute Gasteiger partial charge is 0.394 e. The van der Waals surface area contributed by atoms with Crippen LogP contribution in [0.1, 0.15) is 36.2 Å². The van der Waals surface area contributed by atoms with Crippen molar-refractivity contribution < 1.29 is 14.4 Å². The molecule has 0 spiro atoms. The number of aromatic nitrogens is 2. The summed E-state index contributed by atoms with van der Waals surface area (Å²) in [6, 6.07) is 9.51. The number of nitrogens with two attached hydrogens (primary N) is 1. The Labute approximate surface area is 122 Å². The van der Waals surface area contributed by atoms with E-state index in [0.717, 1.165) is 18.4 Å². The minimum atomic E-state index is -0.640. The van der Waals surface area contributed by atoms with Crippen LogP contribution in [0.2, 0.25) is 0 Å². The third-order valence-electron chi connectivity index (χ3n) is 4.06. The molecule has 0 saturated carbocycles. The summed E-state index contributed by atoms with van der Waals surface area (Å²) in [6.45, 7) is 1.10. The summed E-state index contributed by atoms with van der Waals surface area (Å²) in [5.41, 5.74) is 6.59. The van der Waals surface area contributed by atoms with Crippen LogP contribution in [0.25, 0.3) is 0 Å². The molecule has 1 aromatic heterocycles. The fourth-order valence-corrected chi connectivity index (χ4v) is 2.78. The van der Waals surface area contributed by atoms with Gasteiger partial charge in [0.25, 0.3) is 0 Å². The first-order valence-electron chi connectivity index (χ1n) is 7.10. The minimum absolute atomic E-state index is 0.219. The number of hydrogen-bond donors (Lipinski definition) is 2. The van der Waals surface area contributed by atoms with Gasteiger partial charge in [-0.25, -0.2) is 0 Å². The van der Waals surface area contributed by atoms with Crippen LogP contribution in [-0.2, 0) is 10.2 Å². The van der Waals surface area contributed by atoms with Crippen molar-refractivity contribution in [3.63, 3.8) is 0 Å². The quantitative estimate of drug-likeness (QED) is 0.877. The highest BCUT2D eigenvalue weighted by Gasteiger charge is 2.40. The normalized spacial score (nSPS) is 19.3. The molecule has 1 aliphatic heterocycles. The van der Waals surface area contributed by atoms with Gasteiger partial charge >= 0.3 is 0 Å². The SMILES string of the molecule is N[C@H](CO)c1nc(C2(c3ccccc3)CCOCC2)no1. The second kappa shape index (κ2) is 5.93. The van der Waals surface area contributed by atoms with Crippen LogP contribution in [0.4, 0.5) is 0 Å². The van der Waals surface area contributed by atoms with E-state index in [2.05, 4.69) is 22.3 Å². The van der Waals surface area contributed by atoms with Crippen molar-refractivity contribution in [1.29, 1.82) is 0 Å². The van der Waals surface area contributed by atoms with Gasteiger partial charge in [0.15, 0.2) is 5.82 Å². The molecule has 2 heterocycles. The molecule has 3 N–H and O–H groups in total. The molecule has 6 nitrogen and oxygen atoms in total. The lowest BCUT2D eigenvalue weighted by molar-refractivity contribution is 0.0597. The molecule has 0 aliphatic carbocycles. The molecule has 0 radical (unpaired) electrons. The van der Waals surface area contributed by atoms with Gasteiger partial charge in [-0.15, -0.1) is 0 Å². The van der Waals surface area contributed by atoms with Gasteiger partial charge in [-0.3, -0.25) is 0 Å². The zero-order chi connectivity index (χ0) is 14.7. The van der Waals surface area contributed by atoms with Gasteiger partial charge in [0.05, 0.1) is 12.0 Å². The molecular weight excluding hydrogens is 270 g/mol. The summed E-state index contributed by atoms with van der Waals surface area (Å²) in [5.74, 6) is 0.894. The molecule has 112 valence electrons. The van der Waals surface area contributed by atoms with E-state index in [1.807, 2.05) is 18.2 Å². The van der Waals surface area contributed by atoms with E-state index >= 15 is 0 Å². The predicted molar refractivity (Wildman–Crippen MR) is 75.6 cm³/mol. The fraction of sp³-hybridized carbons (Fsp3) is 0.467. The molecule has 0 bridgehead atoms. The number of aliphatic hydroxyl groups excluding tert-OH is 1. The summed E-state index contributed by atoms with van der Waals surface area (Å²) < 4.78 is 10.7. The van der Waals surface area contributed by atoms with Gasteiger partial charge in [-0.05, 0) is 18.4 Å². The van der Waals surface area contributed by atoms with E-state index in [-0.39, 0.29) is 17.9 Å². The smallest absolute Gasteiger partial charge is 0.245 e. The number of nitrogens with zero attached hydrogens (tertiary/aromatic N) is 2. The summed E-state index contributed by atoms with van der Waals surface area (Å²) in [7, 11) is 0. The maximum atomic E-state index is 9.12.